The second-order valence-corrected chi connectivity index (χ2v) is 6.73. The van der Waals surface area contributed by atoms with Crippen LogP contribution in [0.5, 0.6) is 0 Å². The highest BCUT2D eigenvalue weighted by Crippen LogP contribution is 2.25. The molecule has 1 aliphatic heterocycles. The summed E-state index contributed by atoms with van der Waals surface area (Å²) in [7, 11) is 0. The summed E-state index contributed by atoms with van der Waals surface area (Å²) in [5.74, 6) is -0.0846. The highest BCUT2D eigenvalue weighted by Gasteiger charge is 2.25. The van der Waals surface area contributed by atoms with Crippen molar-refractivity contribution in [2.24, 2.45) is 0 Å². The maximum Gasteiger partial charge on any atom is 0.322 e. The van der Waals surface area contributed by atoms with Crippen molar-refractivity contribution >= 4 is 17.6 Å². The van der Waals surface area contributed by atoms with Crippen LogP contribution < -0.4 is 15.5 Å². The molecule has 0 saturated carbocycles. The Morgan fingerprint density at radius 1 is 1.16 bits per heavy atom. The van der Waals surface area contributed by atoms with Crippen LogP contribution in [0.25, 0.3) is 0 Å². The van der Waals surface area contributed by atoms with Crippen molar-refractivity contribution in [3.63, 3.8) is 0 Å². The summed E-state index contributed by atoms with van der Waals surface area (Å²) in [6.07, 6.45) is 1.74. The Balaban J connectivity index is 1.50. The summed E-state index contributed by atoms with van der Waals surface area (Å²) in [4.78, 5) is 26.3. The predicted molar refractivity (Wildman–Crippen MR) is 97.0 cm³/mol. The van der Waals surface area contributed by atoms with Crippen LogP contribution in [0.4, 0.5) is 10.5 Å². The summed E-state index contributed by atoms with van der Waals surface area (Å²) in [5, 5.41) is 5.93. The van der Waals surface area contributed by atoms with Crippen LogP contribution in [0.15, 0.2) is 42.5 Å². The lowest BCUT2D eigenvalue weighted by Gasteiger charge is -2.19. The van der Waals surface area contributed by atoms with Gasteiger partial charge in [0.05, 0.1) is 0 Å². The molecular formula is C20H21N3O2. The standard InChI is InChI=1S/C20H21N3O2/c1-13-6-7-16(12-18(13)23-9-8-21-20(23)25)19(24)22-17-10-14-4-2-3-5-15(14)11-17/h2-7,12,17H,8-11H2,1H3,(H,21,25)(H,22,24). The molecule has 1 fully saturated rings. The van der Waals surface area contributed by atoms with Crippen molar-refractivity contribution in [1.29, 1.82) is 0 Å². The Kier molecular flexibility index (Phi) is 3.92. The molecule has 1 saturated heterocycles. The van der Waals surface area contributed by atoms with Gasteiger partial charge >= 0.3 is 6.03 Å². The average Bonchev–Trinajstić information content (AvgIpc) is 3.20. The lowest BCUT2D eigenvalue weighted by atomic mass is 10.1. The Morgan fingerprint density at radius 2 is 1.88 bits per heavy atom. The highest BCUT2D eigenvalue weighted by atomic mass is 16.2. The maximum absolute atomic E-state index is 12.7. The van der Waals surface area contributed by atoms with Crippen LogP contribution in [-0.2, 0) is 12.8 Å². The van der Waals surface area contributed by atoms with E-state index in [0.717, 1.165) is 24.1 Å². The molecule has 0 atom stereocenters. The van der Waals surface area contributed by atoms with Gasteiger partial charge < -0.3 is 10.6 Å². The smallest absolute Gasteiger partial charge is 0.322 e. The third-order valence-corrected chi connectivity index (χ3v) is 5.01. The zero-order chi connectivity index (χ0) is 17.4. The number of carbonyl (C=O) groups is 2. The molecule has 5 nitrogen and oxygen atoms in total. The fourth-order valence-electron chi connectivity index (χ4n) is 3.67. The van der Waals surface area contributed by atoms with Gasteiger partial charge in [0.15, 0.2) is 0 Å². The van der Waals surface area contributed by atoms with E-state index >= 15 is 0 Å². The fraction of sp³-hybridized carbons (Fsp3) is 0.300. The van der Waals surface area contributed by atoms with Gasteiger partial charge in [-0.1, -0.05) is 30.3 Å². The Labute approximate surface area is 147 Å². The van der Waals surface area contributed by atoms with Crippen LogP contribution in [-0.4, -0.2) is 31.1 Å². The first-order chi connectivity index (χ1) is 12.1. The predicted octanol–water partition coefficient (Wildman–Crippen LogP) is 2.42. The van der Waals surface area contributed by atoms with Crippen molar-refractivity contribution in [2.45, 2.75) is 25.8 Å². The molecule has 2 aromatic carbocycles. The Morgan fingerprint density at radius 3 is 2.52 bits per heavy atom. The van der Waals surface area contributed by atoms with E-state index in [1.807, 2.05) is 37.3 Å². The second-order valence-electron chi connectivity index (χ2n) is 6.73. The van der Waals surface area contributed by atoms with E-state index in [4.69, 9.17) is 0 Å². The van der Waals surface area contributed by atoms with Gasteiger partial charge in [0.25, 0.3) is 5.91 Å². The quantitative estimate of drug-likeness (QED) is 0.905. The summed E-state index contributed by atoms with van der Waals surface area (Å²) >= 11 is 0. The molecule has 3 amide bonds. The van der Waals surface area contributed by atoms with Crippen molar-refractivity contribution in [3.8, 4) is 0 Å². The number of rotatable bonds is 3. The molecule has 0 unspecified atom stereocenters. The molecule has 25 heavy (non-hydrogen) atoms. The van der Waals surface area contributed by atoms with E-state index in [9.17, 15) is 9.59 Å². The minimum atomic E-state index is -0.105. The average molecular weight is 335 g/mol. The fourth-order valence-corrected chi connectivity index (χ4v) is 3.67. The zero-order valence-electron chi connectivity index (χ0n) is 14.2. The van der Waals surface area contributed by atoms with Crippen molar-refractivity contribution in [2.75, 3.05) is 18.0 Å². The van der Waals surface area contributed by atoms with Gasteiger partial charge in [-0.05, 0) is 48.6 Å². The second kappa shape index (κ2) is 6.24. The third-order valence-electron chi connectivity index (χ3n) is 5.01. The van der Waals surface area contributed by atoms with Gasteiger partial charge in [-0.25, -0.2) is 4.79 Å². The molecule has 5 heteroatoms. The number of fused-ring (bicyclic) bond motifs is 1. The van der Waals surface area contributed by atoms with E-state index in [1.165, 1.54) is 11.1 Å². The number of benzene rings is 2. The molecule has 0 bridgehead atoms. The van der Waals surface area contributed by atoms with E-state index in [-0.39, 0.29) is 18.0 Å². The molecule has 0 aromatic heterocycles. The molecule has 2 aliphatic rings. The first-order valence-electron chi connectivity index (χ1n) is 8.65. The molecular weight excluding hydrogens is 314 g/mol. The largest absolute Gasteiger partial charge is 0.349 e. The Bertz CT molecular complexity index is 822. The molecule has 1 heterocycles. The van der Waals surface area contributed by atoms with Crippen LogP contribution in [0, 0.1) is 6.92 Å². The number of hydrogen-bond acceptors (Lipinski definition) is 2. The molecule has 1 aliphatic carbocycles. The number of nitrogens with one attached hydrogen (secondary N) is 2. The molecule has 128 valence electrons. The summed E-state index contributed by atoms with van der Waals surface area (Å²) < 4.78 is 0. The van der Waals surface area contributed by atoms with Crippen molar-refractivity contribution in [3.05, 3.63) is 64.7 Å². The van der Waals surface area contributed by atoms with Crippen LogP contribution >= 0.6 is 0 Å². The zero-order valence-corrected chi connectivity index (χ0v) is 14.2. The lowest BCUT2D eigenvalue weighted by molar-refractivity contribution is 0.0938. The van der Waals surface area contributed by atoms with Gasteiger partial charge in [-0.15, -0.1) is 0 Å². The number of aryl methyl sites for hydroxylation is 1. The van der Waals surface area contributed by atoms with Crippen molar-refractivity contribution in [1.82, 2.24) is 10.6 Å². The molecule has 0 radical (unpaired) electrons. The van der Waals surface area contributed by atoms with Crippen LogP contribution in [0.3, 0.4) is 0 Å². The number of amides is 3. The lowest BCUT2D eigenvalue weighted by Crippen LogP contribution is -2.35. The first-order valence-corrected chi connectivity index (χ1v) is 8.65. The molecule has 0 spiro atoms. The van der Waals surface area contributed by atoms with Gasteiger partial charge in [0, 0.05) is 30.4 Å². The van der Waals surface area contributed by atoms with E-state index in [0.29, 0.717) is 18.7 Å². The number of hydrogen-bond donors (Lipinski definition) is 2. The number of urea groups is 1. The van der Waals surface area contributed by atoms with Gasteiger partial charge in [-0.2, -0.15) is 0 Å². The van der Waals surface area contributed by atoms with Crippen molar-refractivity contribution < 1.29 is 9.59 Å². The Hall–Kier alpha value is -2.82. The number of carbonyl (C=O) groups excluding carboxylic acids is 2. The van der Waals surface area contributed by atoms with Gasteiger partial charge in [0.1, 0.15) is 0 Å². The SMILES string of the molecule is Cc1ccc(C(=O)NC2Cc3ccccc3C2)cc1N1CCNC1=O. The topological polar surface area (TPSA) is 61.4 Å². The highest BCUT2D eigenvalue weighted by molar-refractivity contribution is 5.99. The third kappa shape index (κ3) is 2.97. The molecule has 2 aromatic rings. The minimum absolute atomic E-state index is 0.0846. The maximum atomic E-state index is 12.7. The van der Waals surface area contributed by atoms with Gasteiger partial charge in [0.2, 0.25) is 0 Å². The molecule has 4 rings (SSSR count). The number of anilines is 1. The summed E-state index contributed by atoms with van der Waals surface area (Å²) in [6.45, 7) is 3.22. The summed E-state index contributed by atoms with van der Waals surface area (Å²) in [6, 6.07) is 13.9. The normalized spacial score (nSPS) is 16.7. The van der Waals surface area contributed by atoms with Crippen LogP contribution in [0.1, 0.15) is 27.0 Å². The van der Waals surface area contributed by atoms with E-state index in [2.05, 4.69) is 22.8 Å². The van der Waals surface area contributed by atoms with Crippen LogP contribution in [0.2, 0.25) is 0 Å². The molecule has 2 N–H and O–H groups in total. The van der Waals surface area contributed by atoms with Gasteiger partial charge in [-0.3, -0.25) is 9.69 Å². The first kappa shape index (κ1) is 15.7. The summed E-state index contributed by atoms with van der Waals surface area (Å²) in [5.41, 5.74) is 5.01. The number of nitrogens with zero attached hydrogens (tertiary/aromatic N) is 1. The van der Waals surface area contributed by atoms with E-state index < -0.39 is 0 Å². The monoisotopic (exact) mass is 335 g/mol. The minimum Gasteiger partial charge on any atom is -0.349 e. The van der Waals surface area contributed by atoms with E-state index in [1.54, 1.807) is 4.90 Å².